The molecule has 6 atom stereocenters. The monoisotopic (exact) mass is 566 g/mol. The molecule has 3 aromatic carbocycles. The fraction of sp³-hybridized carbons (Fsp3) is 0.176. The Labute approximate surface area is 239 Å². The van der Waals surface area contributed by atoms with Crippen molar-refractivity contribution < 1.29 is 18.4 Å². The third kappa shape index (κ3) is 4.45. The van der Waals surface area contributed by atoms with Gasteiger partial charge in [0.25, 0.3) is 0 Å². The highest BCUT2D eigenvalue weighted by atomic mass is 32.1. The van der Waals surface area contributed by atoms with Crippen LogP contribution in [0.3, 0.4) is 0 Å². The van der Waals surface area contributed by atoms with Crippen LogP contribution in [0.15, 0.2) is 108 Å². The number of benzene rings is 3. The van der Waals surface area contributed by atoms with E-state index in [1.807, 2.05) is 35.0 Å². The molecule has 2 heterocycles. The summed E-state index contributed by atoms with van der Waals surface area (Å²) in [7, 11) is 0. The lowest BCUT2D eigenvalue weighted by molar-refractivity contribution is 0.0959. The van der Waals surface area contributed by atoms with Crippen LogP contribution in [0.2, 0.25) is 0 Å². The molecular weight excluding hydrogens is 543 g/mol. The van der Waals surface area contributed by atoms with Gasteiger partial charge in [0.05, 0.1) is 9.75 Å². The molecule has 0 spiro atoms. The maximum Gasteiger partial charge on any atom is 0.177 e. The van der Waals surface area contributed by atoms with Gasteiger partial charge in [0.2, 0.25) is 0 Å². The predicted octanol–water partition coefficient (Wildman–Crippen LogP) is 8.85. The fourth-order valence-electron chi connectivity index (χ4n) is 6.41. The number of Topliss-reactive ketones (excluding diaryl/α,β-unsaturated/α-hetero) is 2. The molecule has 2 saturated carbocycles. The van der Waals surface area contributed by atoms with E-state index in [0.29, 0.717) is 0 Å². The first kappa shape index (κ1) is 25.2. The van der Waals surface area contributed by atoms with Gasteiger partial charge in [-0.25, -0.2) is 8.78 Å². The van der Waals surface area contributed by atoms with Crippen LogP contribution in [0.1, 0.15) is 65.3 Å². The third-order valence-electron chi connectivity index (χ3n) is 8.39. The molecule has 0 radical (unpaired) electrons. The Hall–Kier alpha value is -3.74. The maximum absolute atomic E-state index is 13.6. The van der Waals surface area contributed by atoms with Crippen LogP contribution < -0.4 is 0 Å². The Bertz CT molecular complexity index is 1530. The van der Waals surface area contributed by atoms with Crippen LogP contribution in [-0.2, 0) is 0 Å². The van der Waals surface area contributed by atoms with Gasteiger partial charge in [-0.15, -0.1) is 22.7 Å². The molecule has 2 aliphatic carbocycles. The zero-order valence-electron chi connectivity index (χ0n) is 21.2. The van der Waals surface area contributed by atoms with Gasteiger partial charge in [-0.3, -0.25) is 9.59 Å². The third-order valence-corrected chi connectivity index (χ3v) is 10.2. The van der Waals surface area contributed by atoms with Gasteiger partial charge in [-0.2, -0.15) is 0 Å². The topological polar surface area (TPSA) is 34.1 Å². The minimum atomic E-state index is -0.293. The normalized spacial score (nSPS) is 24.9. The average Bonchev–Trinajstić information content (AvgIpc) is 3.68. The Kier molecular flexibility index (Phi) is 6.32. The summed E-state index contributed by atoms with van der Waals surface area (Å²) < 4.78 is 27.3. The van der Waals surface area contributed by atoms with Crippen molar-refractivity contribution in [2.24, 2.45) is 11.8 Å². The first-order valence-corrected chi connectivity index (χ1v) is 15.0. The van der Waals surface area contributed by atoms with E-state index in [4.69, 9.17) is 0 Å². The van der Waals surface area contributed by atoms with E-state index in [0.717, 1.165) is 32.0 Å². The quantitative estimate of drug-likeness (QED) is 0.176. The van der Waals surface area contributed by atoms with Gasteiger partial charge in [0.15, 0.2) is 11.6 Å². The Morgan fingerprint density at radius 2 is 0.775 bits per heavy atom. The standard InChI is InChI=1S/C34H24F2O2S2/c35-23-13-9-21(10-14-23)29-27(31(29)33(37)25-3-1-17-39-25)19-5-7-20(8-6-19)28-30(22-11-15-24(36)16-12-22)32(28)34(38)26-4-2-18-40-26/h1-18,27-32H. The van der Waals surface area contributed by atoms with E-state index >= 15 is 0 Å². The van der Waals surface area contributed by atoms with Crippen molar-refractivity contribution in [2.45, 2.75) is 23.7 Å². The van der Waals surface area contributed by atoms with E-state index in [1.165, 1.54) is 46.9 Å². The Balaban J connectivity index is 1.19. The minimum absolute atomic E-state index is 0.00441. The van der Waals surface area contributed by atoms with Crippen molar-refractivity contribution in [3.05, 3.63) is 151 Å². The second kappa shape index (κ2) is 10.0. The van der Waals surface area contributed by atoms with Gasteiger partial charge in [0, 0.05) is 35.5 Å². The van der Waals surface area contributed by atoms with Gasteiger partial charge in [-0.05, 0) is 69.4 Å². The van der Waals surface area contributed by atoms with Gasteiger partial charge >= 0.3 is 0 Å². The minimum Gasteiger partial charge on any atom is -0.293 e. The molecule has 0 bridgehead atoms. The second-order valence-corrected chi connectivity index (χ2v) is 12.5. The molecule has 2 aromatic heterocycles. The lowest BCUT2D eigenvalue weighted by Gasteiger charge is -2.05. The summed E-state index contributed by atoms with van der Waals surface area (Å²) in [5.74, 6) is -0.751. The number of ketones is 2. The van der Waals surface area contributed by atoms with Gasteiger partial charge in [-0.1, -0.05) is 60.7 Å². The molecule has 2 fully saturated rings. The summed E-state index contributed by atoms with van der Waals surface area (Å²) in [4.78, 5) is 28.3. The largest absolute Gasteiger partial charge is 0.293 e. The van der Waals surface area contributed by atoms with E-state index < -0.39 is 0 Å². The van der Waals surface area contributed by atoms with Crippen LogP contribution in [0.4, 0.5) is 8.78 Å². The molecule has 5 aromatic rings. The number of hydrogen-bond donors (Lipinski definition) is 0. The summed E-state index contributed by atoms with van der Waals surface area (Å²) in [6.45, 7) is 0. The summed E-state index contributed by atoms with van der Waals surface area (Å²) in [6.07, 6.45) is 0. The zero-order valence-corrected chi connectivity index (χ0v) is 22.9. The summed E-state index contributed by atoms with van der Waals surface area (Å²) >= 11 is 2.89. The molecular formula is C34H24F2O2S2. The molecule has 6 unspecified atom stereocenters. The second-order valence-electron chi connectivity index (χ2n) is 10.6. The smallest absolute Gasteiger partial charge is 0.177 e. The number of thiophene rings is 2. The van der Waals surface area contributed by atoms with Crippen molar-refractivity contribution in [3.8, 4) is 0 Å². The lowest BCUT2D eigenvalue weighted by Crippen LogP contribution is -2.02. The molecule has 40 heavy (non-hydrogen) atoms. The van der Waals surface area contributed by atoms with Crippen molar-refractivity contribution in [1.29, 1.82) is 0 Å². The molecule has 198 valence electrons. The SMILES string of the molecule is O=C(c1cccs1)C1C(c2ccc(F)cc2)C1c1ccc(C2C(C(=O)c3cccs3)C2c2ccc(F)cc2)cc1. The number of carbonyl (C=O) groups excluding carboxylic acids is 2. The highest BCUT2D eigenvalue weighted by molar-refractivity contribution is 7.12. The van der Waals surface area contributed by atoms with Crippen molar-refractivity contribution in [2.75, 3.05) is 0 Å². The van der Waals surface area contributed by atoms with E-state index in [9.17, 15) is 18.4 Å². The van der Waals surface area contributed by atoms with Crippen LogP contribution in [0.25, 0.3) is 0 Å². The fourth-order valence-corrected chi connectivity index (χ4v) is 7.84. The van der Waals surface area contributed by atoms with E-state index in [1.54, 1.807) is 24.3 Å². The predicted molar refractivity (Wildman–Crippen MR) is 154 cm³/mol. The molecule has 0 aliphatic heterocycles. The Morgan fingerprint density at radius 3 is 1.05 bits per heavy atom. The van der Waals surface area contributed by atoms with Crippen LogP contribution >= 0.6 is 22.7 Å². The molecule has 6 heteroatoms. The molecule has 2 nitrogen and oxygen atoms in total. The zero-order chi connectivity index (χ0) is 27.4. The van der Waals surface area contributed by atoms with Crippen LogP contribution in [0.5, 0.6) is 0 Å². The number of halogens is 2. The van der Waals surface area contributed by atoms with Crippen molar-refractivity contribution in [1.82, 2.24) is 0 Å². The molecule has 0 N–H and O–H groups in total. The first-order chi connectivity index (χ1) is 19.5. The van der Waals surface area contributed by atoms with Crippen LogP contribution in [-0.4, -0.2) is 11.6 Å². The highest BCUT2D eigenvalue weighted by Gasteiger charge is 2.57. The highest BCUT2D eigenvalue weighted by Crippen LogP contribution is 2.64. The van der Waals surface area contributed by atoms with Crippen molar-refractivity contribution in [3.63, 3.8) is 0 Å². The molecule has 0 amide bonds. The van der Waals surface area contributed by atoms with Gasteiger partial charge in [0.1, 0.15) is 11.6 Å². The van der Waals surface area contributed by atoms with E-state index in [-0.39, 0.29) is 58.7 Å². The lowest BCUT2D eigenvalue weighted by atomic mass is 9.99. The first-order valence-electron chi connectivity index (χ1n) is 13.3. The number of rotatable bonds is 8. The van der Waals surface area contributed by atoms with Crippen LogP contribution in [0, 0.1) is 23.5 Å². The number of carbonyl (C=O) groups is 2. The van der Waals surface area contributed by atoms with Gasteiger partial charge < -0.3 is 0 Å². The van der Waals surface area contributed by atoms with Crippen molar-refractivity contribution >= 4 is 34.2 Å². The Morgan fingerprint density at radius 1 is 0.475 bits per heavy atom. The summed E-state index contributed by atoms with van der Waals surface area (Å²) in [5, 5.41) is 3.82. The molecule has 0 saturated heterocycles. The maximum atomic E-state index is 13.6. The number of hydrogen-bond acceptors (Lipinski definition) is 4. The summed E-state index contributed by atoms with van der Waals surface area (Å²) in [5.41, 5.74) is 4.05. The molecule has 2 aliphatic rings. The summed E-state index contributed by atoms with van der Waals surface area (Å²) in [6, 6.07) is 28.7. The molecule has 7 rings (SSSR count). The van der Waals surface area contributed by atoms with E-state index in [2.05, 4.69) is 24.3 Å². The average molecular weight is 567 g/mol.